The zero-order chi connectivity index (χ0) is 19.0. The molecular weight excluding hydrogens is 356 g/mol. The highest BCUT2D eigenvalue weighted by molar-refractivity contribution is 6.05. The number of rotatable bonds is 0. The van der Waals surface area contributed by atoms with E-state index in [4.69, 9.17) is 9.15 Å². The van der Waals surface area contributed by atoms with Gasteiger partial charge in [0, 0.05) is 16.8 Å². The molecule has 4 aromatic carbocycles. The summed E-state index contributed by atoms with van der Waals surface area (Å²) in [5.41, 5.74) is 8.38. The predicted octanol–water partition coefficient (Wildman–Crippen LogP) is 6.49. The molecule has 2 heterocycles. The van der Waals surface area contributed by atoms with Crippen LogP contribution in [-0.4, -0.2) is 6.61 Å². The SMILES string of the molecule is c1ccc2c(c1)-c1ccccc1C21COc2cc3oc4ccccc4c3cc2C1. The Bertz CT molecular complexity index is 1390. The maximum atomic E-state index is 6.42. The highest BCUT2D eigenvalue weighted by atomic mass is 16.5. The van der Waals surface area contributed by atoms with Crippen LogP contribution in [0.2, 0.25) is 0 Å². The Morgan fingerprint density at radius 3 is 2.14 bits per heavy atom. The van der Waals surface area contributed by atoms with E-state index in [9.17, 15) is 0 Å². The number of para-hydroxylation sites is 1. The molecule has 0 atom stereocenters. The molecule has 0 radical (unpaired) electrons. The van der Waals surface area contributed by atoms with Gasteiger partial charge in [-0.1, -0.05) is 66.7 Å². The Morgan fingerprint density at radius 2 is 1.34 bits per heavy atom. The molecule has 1 aromatic heterocycles. The second-order valence-corrected chi connectivity index (χ2v) is 8.19. The van der Waals surface area contributed by atoms with Crippen LogP contribution in [0.5, 0.6) is 5.75 Å². The molecule has 0 saturated carbocycles. The zero-order valence-electron chi connectivity index (χ0n) is 15.8. The van der Waals surface area contributed by atoms with Gasteiger partial charge in [-0.05, 0) is 46.4 Å². The number of hydrogen-bond acceptors (Lipinski definition) is 2. The third-order valence-electron chi connectivity index (χ3n) is 6.70. The van der Waals surface area contributed by atoms with Crippen LogP contribution < -0.4 is 4.74 Å². The molecule has 2 heteroatoms. The van der Waals surface area contributed by atoms with Crippen molar-refractivity contribution in [1.29, 1.82) is 0 Å². The van der Waals surface area contributed by atoms with Crippen molar-refractivity contribution in [2.45, 2.75) is 11.8 Å². The van der Waals surface area contributed by atoms with Crippen LogP contribution in [0.25, 0.3) is 33.1 Å². The molecule has 0 fully saturated rings. The van der Waals surface area contributed by atoms with Crippen molar-refractivity contribution in [3.8, 4) is 16.9 Å². The fourth-order valence-corrected chi connectivity index (χ4v) is 5.41. The largest absolute Gasteiger partial charge is 0.492 e. The Morgan fingerprint density at radius 1 is 0.655 bits per heavy atom. The molecule has 5 aromatic rings. The van der Waals surface area contributed by atoms with Gasteiger partial charge in [0.05, 0.1) is 5.41 Å². The summed E-state index contributed by atoms with van der Waals surface area (Å²) in [4.78, 5) is 0. The number of ether oxygens (including phenoxy) is 1. The summed E-state index contributed by atoms with van der Waals surface area (Å²) < 4.78 is 12.5. The standard InChI is InChI=1S/C27H18O2/c1-4-10-22-18(7-1)19-8-2-5-11-23(19)27(22)15-17-13-21-20-9-3-6-12-24(20)29-26(21)14-25(17)28-16-27/h1-14H,15-16H2. The van der Waals surface area contributed by atoms with E-state index in [0.717, 1.165) is 28.7 Å². The average Bonchev–Trinajstić information content (AvgIpc) is 3.26. The first kappa shape index (κ1) is 15.4. The van der Waals surface area contributed by atoms with E-state index < -0.39 is 0 Å². The molecule has 1 spiro atoms. The molecule has 29 heavy (non-hydrogen) atoms. The van der Waals surface area contributed by atoms with Crippen LogP contribution in [0.15, 0.2) is 89.3 Å². The fraction of sp³-hybridized carbons (Fsp3) is 0.111. The van der Waals surface area contributed by atoms with E-state index in [2.05, 4.69) is 72.8 Å². The molecule has 7 rings (SSSR count). The summed E-state index contributed by atoms with van der Waals surface area (Å²) in [5.74, 6) is 0.948. The van der Waals surface area contributed by atoms with Gasteiger partial charge < -0.3 is 9.15 Å². The average molecular weight is 374 g/mol. The minimum Gasteiger partial charge on any atom is -0.492 e. The van der Waals surface area contributed by atoms with Crippen molar-refractivity contribution in [1.82, 2.24) is 0 Å². The second-order valence-electron chi connectivity index (χ2n) is 8.19. The van der Waals surface area contributed by atoms with Gasteiger partial charge in [-0.15, -0.1) is 0 Å². The monoisotopic (exact) mass is 374 g/mol. The summed E-state index contributed by atoms with van der Waals surface area (Å²) >= 11 is 0. The molecule has 0 amide bonds. The molecular formula is C27H18O2. The van der Waals surface area contributed by atoms with Crippen LogP contribution in [-0.2, 0) is 11.8 Å². The fourth-order valence-electron chi connectivity index (χ4n) is 5.41. The molecule has 0 unspecified atom stereocenters. The lowest BCUT2D eigenvalue weighted by Gasteiger charge is -2.36. The van der Waals surface area contributed by atoms with Gasteiger partial charge in [-0.25, -0.2) is 0 Å². The molecule has 2 aliphatic rings. The van der Waals surface area contributed by atoms with E-state index in [1.807, 2.05) is 12.1 Å². The number of furan rings is 1. The Hall–Kier alpha value is -3.52. The van der Waals surface area contributed by atoms with Crippen molar-refractivity contribution in [3.05, 3.63) is 102 Å². The molecule has 0 saturated heterocycles. The summed E-state index contributed by atoms with van der Waals surface area (Å²) in [6.07, 6.45) is 0.936. The smallest absolute Gasteiger partial charge is 0.139 e. The number of benzene rings is 4. The maximum Gasteiger partial charge on any atom is 0.139 e. The summed E-state index contributed by atoms with van der Waals surface area (Å²) in [5, 5.41) is 2.33. The van der Waals surface area contributed by atoms with E-state index in [0.29, 0.717) is 6.61 Å². The van der Waals surface area contributed by atoms with Gasteiger partial charge in [-0.2, -0.15) is 0 Å². The lowest BCUT2D eigenvalue weighted by Crippen LogP contribution is -2.38. The van der Waals surface area contributed by atoms with Crippen molar-refractivity contribution >= 4 is 21.9 Å². The highest BCUT2D eigenvalue weighted by Gasteiger charge is 2.46. The third-order valence-corrected chi connectivity index (χ3v) is 6.70. The second kappa shape index (κ2) is 5.30. The maximum absolute atomic E-state index is 6.42. The zero-order valence-corrected chi connectivity index (χ0v) is 15.8. The van der Waals surface area contributed by atoms with Crippen molar-refractivity contribution in [2.24, 2.45) is 0 Å². The lowest BCUT2D eigenvalue weighted by molar-refractivity contribution is 0.218. The van der Waals surface area contributed by atoms with Gasteiger partial charge in [0.15, 0.2) is 0 Å². The quantitative estimate of drug-likeness (QED) is 0.309. The Kier molecular flexibility index (Phi) is 2.81. The Balaban J connectivity index is 1.48. The summed E-state index contributed by atoms with van der Waals surface area (Å²) in [6, 6.07) is 30.2. The third kappa shape index (κ3) is 1.91. The minimum atomic E-state index is -0.132. The van der Waals surface area contributed by atoms with Crippen LogP contribution in [0.1, 0.15) is 16.7 Å². The van der Waals surface area contributed by atoms with E-state index in [-0.39, 0.29) is 5.41 Å². The topological polar surface area (TPSA) is 22.4 Å². The van der Waals surface area contributed by atoms with E-state index >= 15 is 0 Å². The van der Waals surface area contributed by atoms with Crippen LogP contribution >= 0.6 is 0 Å². The van der Waals surface area contributed by atoms with Crippen LogP contribution in [0, 0.1) is 0 Å². The van der Waals surface area contributed by atoms with Crippen molar-refractivity contribution in [3.63, 3.8) is 0 Å². The first-order valence-electron chi connectivity index (χ1n) is 10.1. The normalized spacial score (nSPS) is 15.9. The highest BCUT2D eigenvalue weighted by Crippen LogP contribution is 2.53. The first-order chi connectivity index (χ1) is 14.3. The molecule has 0 bridgehead atoms. The predicted molar refractivity (Wildman–Crippen MR) is 116 cm³/mol. The van der Waals surface area contributed by atoms with E-state index in [1.54, 1.807) is 0 Å². The van der Waals surface area contributed by atoms with Gasteiger partial charge in [0.25, 0.3) is 0 Å². The van der Waals surface area contributed by atoms with Crippen LogP contribution in [0.3, 0.4) is 0 Å². The Labute approximate surface area is 168 Å². The van der Waals surface area contributed by atoms with Gasteiger partial charge >= 0.3 is 0 Å². The molecule has 2 nitrogen and oxygen atoms in total. The van der Waals surface area contributed by atoms with Gasteiger partial charge in [0.2, 0.25) is 0 Å². The minimum absolute atomic E-state index is 0.132. The first-order valence-corrected chi connectivity index (χ1v) is 10.1. The summed E-state index contributed by atoms with van der Waals surface area (Å²) in [6.45, 7) is 0.653. The van der Waals surface area contributed by atoms with Crippen molar-refractivity contribution < 1.29 is 9.15 Å². The van der Waals surface area contributed by atoms with Crippen LogP contribution in [0.4, 0.5) is 0 Å². The van der Waals surface area contributed by atoms with Crippen molar-refractivity contribution in [2.75, 3.05) is 6.61 Å². The molecule has 1 aliphatic carbocycles. The molecule has 138 valence electrons. The molecule has 0 N–H and O–H groups in total. The van der Waals surface area contributed by atoms with Gasteiger partial charge in [-0.3, -0.25) is 0 Å². The lowest BCUT2D eigenvalue weighted by atomic mass is 9.72. The number of fused-ring (bicyclic) bond motifs is 9. The van der Waals surface area contributed by atoms with E-state index in [1.165, 1.54) is 33.2 Å². The molecule has 1 aliphatic heterocycles. The van der Waals surface area contributed by atoms with Gasteiger partial charge in [0.1, 0.15) is 23.5 Å². The summed E-state index contributed by atoms with van der Waals surface area (Å²) in [7, 11) is 0. The number of hydrogen-bond donors (Lipinski definition) is 0.